The molecule has 1 aromatic carbocycles. The largest absolute Gasteiger partial charge is 0.496 e. The van der Waals surface area contributed by atoms with E-state index in [1.54, 1.807) is 6.26 Å². The minimum Gasteiger partial charge on any atom is -0.496 e. The summed E-state index contributed by atoms with van der Waals surface area (Å²) in [6.07, 6.45) is 5.92. The van der Waals surface area contributed by atoms with Crippen molar-refractivity contribution in [1.29, 1.82) is 5.26 Å². The van der Waals surface area contributed by atoms with Gasteiger partial charge in [-0.1, -0.05) is 11.6 Å². The molecule has 0 saturated carbocycles. The molecule has 1 heterocycles. The number of ketones is 1. The summed E-state index contributed by atoms with van der Waals surface area (Å²) in [5, 5.41) is 12.6. The second kappa shape index (κ2) is 10.5. The van der Waals surface area contributed by atoms with Crippen LogP contribution in [-0.4, -0.2) is 43.0 Å². The van der Waals surface area contributed by atoms with Crippen LogP contribution in [0.5, 0.6) is 11.5 Å². The predicted molar refractivity (Wildman–Crippen MR) is 107 cm³/mol. The maximum absolute atomic E-state index is 12.9. The molecular weight excluding hydrogens is 404 g/mol. The molecule has 28 heavy (non-hydrogen) atoms. The van der Waals surface area contributed by atoms with Crippen molar-refractivity contribution < 1.29 is 19.0 Å². The molecule has 0 aliphatic rings. The number of anilines is 1. The lowest BCUT2D eigenvalue weighted by atomic mass is 10.1. The molecule has 2 aromatic rings. The second-order valence-corrected chi connectivity index (χ2v) is 6.42. The molecule has 146 valence electrons. The number of nitriles is 1. The fourth-order valence-electron chi connectivity index (χ4n) is 2.11. The van der Waals surface area contributed by atoms with Crippen molar-refractivity contribution in [3.63, 3.8) is 0 Å². The second-order valence-electron chi connectivity index (χ2n) is 5.13. The molecular formula is C18H17ClN4O4S. The molecule has 10 heteroatoms. The summed E-state index contributed by atoms with van der Waals surface area (Å²) in [6, 6.07) is 4.94. The maximum atomic E-state index is 12.9. The average molecular weight is 421 g/mol. The van der Waals surface area contributed by atoms with E-state index < -0.39 is 0 Å². The lowest BCUT2D eigenvalue weighted by Crippen LogP contribution is -2.09. The SMILES string of the molecule is COCOc1cc(Cl)cc(OC)c1C(=O)/C=C(/Nc1cnc(C#N)cn1)SC. The molecule has 0 amide bonds. The van der Waals surface area contributed by atoms with E-state index in [9.17, 15) is 4.79 Å². The Kier molecular flexibility index (Phi) is 8.07. The Balaban J connectivity index is 2.35. The van der Waals surface area contributed by atoms with Crippen LogP contribution in [0.15, 0.2) is 35.6 Å². The van der Waals surface area contributed by atoms with E-state index >= 15 is 0 Å². The van der Waals surface area contributed by atoms with Crippen LogP contribution in [0.25, 0.3) is 0 Å². The summed E-state index contributed by atoms with van der Waals surface area (Å²) in [5.74, 6) is 0.550. The van der Waals surface area contributed by atoms with Crippen molar-refractivity contribution in [3.8, 4) is 17.6 Å². The lowest BCUT2D eigenvalue weighted by molar-refractivity contribution is 0.0502. The van der Waals surface area contributed by atoms with Gasteiger partial charge in [0.05, 0.1) is 24.5 Å². The van der Waals surface area contributed by atoms with E-state index in [1.807, 2.05) is 6.07 Å². The number of carbonyl (C=O) groups is 1. The van der Waals surface area contributed by atoms with Crippen LogP contribution in [0.2, 0.25) is 5.02 Å². The summed E-state index contributed by atoms with van der Waals surface area (Å²) < 4.78 is 15.7. The molecule has 8 nitrogen and oxygen atoms in total. The van der Waals surface area contributed by atoms with Gasteiger partial charge in [0, 0.05) is 18.2 Å². The fraction of sp³-hybridized carbons (Fsp3) is 0.222. The van der Waals surface area contributed by atoms with Gasteiger partial charge in [-0.25, -0.2) is 9.97 Å². The highest BCUT2D eigenvalue weighted by Gasteiger charge is 2.19. The minimum absolute atomic E-state index is 0.0536. The van der Waals surface area contributed by atoms with Crippen LogP contribution in [0.1, 0.15) is 16.1 Å². The number of halogens is 1. The number of nitrogens with one attached hydrogen (secondary N) is 1. The number of carbonyl (C=O) groups excluding carboxylic acids is 1. The van der Waals surface area contributed by atoms with Crippen LogP contribution in [0.3, 0.4) is 0 Å². The van der Waals surface area contributed by atoms with Crippen LogP contribution >= 0.6 is 23.4 Å². The Morgan fingerprint density at radius 1 is 1.32 bits per heavy atom. The van der Waals surface area contributed by atoms with E-state index in [2.05, 4.69) is 15.3 Å². The maximum Gasteiger partial charge on any atom is 0.195 e. The third-order valence-electron chi connectivity index (χ3n) is 3.33. The molecule has 0 unspecified atom stereocenters. The molecule has 0 fully saturated rings. The van der Waals surface area contributed by atoms with Gasteiger partial charge >= 0.3 is 0 Å². The highest BCUT2D eigenvalue weighted by molar-refractivity contribution is 8.02. The number of benzene rings is 1. The fourth-order valence-corrected chi connectivity index (χ4v) is 2.74. The van der Waals surface area contributed by atoms with Crippen LogP contribution in [-0.2, 0) is 4.74 Å². The summed E-state index contributed by atoms with van der Waals surface area (Å²) in [5.41, 5.74) is 0.408. The number of aromatic nitrogens is 2. The lowest BCUT2D eigenvalue weighted by Gasteiger charge is -2.14. The van der Waals surface area contributed by atoms with E-state index in [4.69, 9.17) is 31.1 Å². The molecule has 2 rings (SSSR count). The van der Waals surface area contributed by atoms with Crippen LogP contribution in [0, 0.1) is 11.3 Å². The highest BCUT2D eigenvalue weighted by atomic mass is 35.5. The Morgan fingerprint density at radius 3 is 2.64 bits per heavy atom. The van der Waals surface area contributed by atoms with Crippen molar-refractivity contribution in [2.24, 2.45) is 0 Å². The first kappa shape index (κ1) is 21.5. The number of nitrogens with zero attached hydrogens (tertiary/aromatic N) is 3. The number of methoxy groups -OCH3 is 2. The molecule has 0 radical (unpaired) electrons. The number of ether oxygens (including phenoxy) is 3. The summed E-state index contributed by atoms with van der Waals surface area (Å²) in [6.45, 7) is -0.0536. The Morgan fingerprint density at radius 2 is 2.07 bits per heavy atom. The van der Waals surface area contributed by atoms with Crippen molar-refractivity contribution in [2.45, 2.75) is 0 Å². The molecule has 0 bridgehead atoms. The summed E-state index contributed by atoms with van der Waals surface area (Å²) in [4.78, 5) is 20.9. The van der Waals surface area contributed by atoms with Gasteiger partial charge in [0.1, 0.15) is 28.9 Å². The highest BCUT2D eigenvalue weighted by Crippen LogP contribution is 2.34. The Hall–Kier alpha value is -2.80. The van der Waals surface area contributed by atoms with Gasteiger partial charge in [-0.2, -0.15) is 5.26 Å². The van der Waals surface area contributed by atoms with Crippen LogP contribution < -0.4 is 14.8 Å². The third kappa shape index (κ3) is 5.60. The molecule has 0 spiro atoms. The van der Waals surface area contributed by atoms with Crippen molar-refractivity contribution in [1.82, 2.24) is 9.97 Å². The first-order chi connectivity index (χ1) is 13.5. The predicted octanol–water partition coefficient (Wildman–Crippen LogP) is 3.49. The van der Waals surface area contributed by atoms with Gasteiger partial charge in [-0.05, 0) is 18.4 Å². The number of thioether (sulfide) groups is 1. The first-order valence-corrected chi connectivity index (χ1v) is 9.41. The zero-order valence-electron chi connectivity index (χ0n) is 15.4. The zero-order chi connectivity index (χ0) is 20.5. The van der Waals surface area contributed by atoms with Gasteiger partial charge in [0.2, 0.25) is 0 Å². The van der Waals surface area contributed by atoms with Gasteiger partial charge in [0.15, 0.2) is 18.3 Å². The van der Waals surface area contributed by atoms with Crippen molar-refractivity contribution in [2.75, 3.05) is 32.6 Å². The molecule has 0 atom stereocenters. The van der Waals surface area contributed by atoms with E-state index in [1.165, 1.54) is 56.6 Å². The smallest absolute Gasteiger partial charge is 0.195 e. The molecule has 0 aliphatic carbocycles. The van der Waals surface area contributed by atoms with E-state index in [0.29, 0.717) is 15.9 Å². The van der Waals surface area contributed by atoms with E-state index in [-0.39, 0.29) is 35.3 Å². The number of allylic oxidation sites excluding steroid dienone is 1. The van der Waals surface area contributed by atoms with Crippen molar-refractivity contribution in [3.05, 3.63) is 51.9 Å². The topological polar surface area (TPSA) is 106 Å². The third-order valence-corrected chi connectivity index (χ3v) is 4.21. The van der Waals surface area contributed by atoms with Gasteiger partial charge < -0.3 is 19.5 Å². The van der Waals surface area contributed by atoms with Gasteiger partial charge in [-0.15, -0.1) is 11.8 Å². The van der Waals surface area contributed by atoms with E-state index in [0.717, 1.165) is 0 Å². The van der Waals surface area contributed by atoms with Crippen molar-refractivity contribution >= 4 is 35.0 Å². The Bertz CT molecular complexity index is 913. The standard InChI is InChI=1S/C18H17ClN4O4S/c1-25-10-27-15-5-11(19)4-14(26-2)18(15)13(24)6-17(28-3)23-16-9-21-12(7-20)8-22-16/h4-6,8-9H,10H2,1-3H3,(H,22,23)/b17-6-. The number of rotatable bonds is 9. The average Bonchev–Trinajstić information content (AvgIpc) is 2.71. The molecule has 0 aliphatic heterocycles. The summed E-state index contributed by atoms with van der Waals surface area (Å²) >= 11 is 7.37. The van der Waals surface area contributed by atoms with Gasteiger partial charge in [0.25, 0.3) is 0 Å². The quantitative estimate of drug-likeness (QED) is 0.370. The zero-order valence-corrected chi connectivity index (χ0v) is 16.9. The number of hydrogen-bond donors (Lipinski definition) is 1. The Labute approximate surface area is 171 Å². The number of hydrogen-bond acceptors (Lipinski definition) is 9. The molecule has 1 N–H and O–H groups in total. The van der Waals surface area contributed by atoms with Crippen LogP contribution in [0.4, 0.5) is 5.82 Å². The first-order valence-electron chi connectivity index (χ1n) is 7.80. The van der Waals surface area contributed by atoms with Gasteiger partial charge in [-0.3, -0.25) is 4.79 Å². The monoisotopic (exact) mass is 420 g/mol. The molecule has 1 aromatic heterocycles. The minimum atomic E-state index is -0.363. The normalized spacial score (nSPS) is 10.9. The molecule has 0 saturated heterocycles. The summed E-state index contributed by atoms with van der Waals surface area (Å²) in [7, 11) is 2.91.